The fourth-order valence-electron chi connectivity index (χ4n) is 8.99. The van der Waals surface area contributed by atoms with Crippen molar-refractivity contribution in [1.82, 2.24) is 0 Å². The van der Waals surface area contributed by atoms with Gasteiger partial charge in [0, 0.05) is 10.8 Å². The highest BCUT2D eigenvalue weighted by atomic mass is 28.5. The molecule has 0 aromatic heterocycles. The average molecular weight is 1310 g/mol. The van der Waals surface area contributed by atoms with Gasteiger partial charge in [-0.25, -0.2) is 0 Å². The minimum absolute atomic E-state index is 0. The van der Waals surface area contributed by atoms with Gasteiger partial charge in [0.25, 0.3) is 0 Å². The van der Waals surface area contributed by atoms with Crippen molar-refractivity contribution in [3.63, 3.8) is 0 Å². The van der Waals surface area contributed by atoms with E-state index in [0.29, 0.717) is 12.4 Å². The number of ether oxygens (including phenoxy) is 2. The summed E-state index contributed by atoms with van der Waals surface area (Å²) in [5.74, 6) is 1.57. The predicted molar refractivity (Wildman–Crippen MR) is 363 cm³/mol. The molecule has 0 radical (unpaired) electrons. The van der Waals surface area contributed by atoms with E-state index < -0.39 is 89.5 Å². The summed E-state index contributed by atoms with van der Waals surface area (Å²) in [6, 6.07) is 37.2. The molecule has 4 heterocycles. The Morgan fingerprint density at radius 1 is 0.402 bits per heavy atom. The molecular weight excluding hydrogens is 1210 g/mol. The van der Waals surface area contributed by atoms with E-state index in [4.69, 9.17) is 52.5 Å². The summed E-state index contributed by atoms with van der Waals surface area (Å²) in [7, 11) is -22.6. The zero-order valence-electron chi connectivity index (χ0n) is 53.8. The first kappa shape index (κ1) is 80.4. The van der Waals surface area contributed by atoms with Gasteiger partial charge < -0.3 is 71.7 Å². The molecule has 22 heteroatoms. The molecule has 10 atom stereocenters. The normalized spacial score (nSPS) is 29.7. The van der Waals surface area contributed by atoms with Gasteiger partial charge in [0.15, 0.2) is 0 Å². The van der Waals surface area contributed by atoms with Crippen molar-refractivity contribution in [3.8, 4) is 11.5 Å². The highest BCUT2D eigenvalue weighted by Crippen LogP contribution is 2.38. The van der Waals surface area contributed by atoms with E-state index >= 15 is 0 Å². The molecule has 0 saturated carbocycles. The van der Waals surface area contributed by atoms with Crippen LogP contribution in [0.4, 0.5) is 0 Å². The molecule has 484 valence electrons. The molecule has 4 fully saturated rings. The van der Waals surface area contributed by atoms with Crippen LogP contribution < -0.4 is 9.47 Å². The molecule has 4 aromatic rings. The Labute approximate surface area is 529 Å². The van der Waals surface area contributed by atoms with Crippen LogP contribution in [0.1, 0.15) is 140 Å². The molecule has 4 saturated heterocycles. The Hall–Kier alpha value is -4.60. The van der Waals surface area contributed by atoms with Crippen molar-refractivity contribution in [2.45, 2.75) is 166 Å². The molecule has 87 heavy (non-hydrogen) atoms. The molecular formula is C65H104O16Si6. The lowest BCUT2D eigenvalue weighted by Gasteiger charge is -2.32. The van der Waals surface area contributed by atoms with Crippen LogP contribution in [-0.4, -0.2) is 122 Å². The summed E-state index contributed by atoms with van der Waals surface area (Å²) < 4.78 is 69.4. The van der Waals surface area contributed by atoms with Crippen LogP contribution in [-0.2, 0) is 53.8 Å². The molecule has 4 aliphatic rings. The first-order valence-corrected chi connectivity index (χ1v) is 40.6. The number of benzene rings is 4. The van der Waals surface area contributed by atoms with E-state index in [1.165, 1.54) is 56.4 Å². The molecule has 0 aliphatic carbocycles. The smallest absolute Gasteiger partial charge is 0.490 e. The summed E-state index contributed by atoms with van der Waals surface area (Å²) in [5, 5.41) is 0. The topological polar surface area (TPSA) is 192 Å². The lowest BCUT2D eigenvalue weighted by atomic mass is 9.78. The SMILES string of the molecule is C.C=CCOc1ccc(C(C)(C)c2ccccc2)cc1.C=C[Si]1(O)OC(C)C2O[Si](C=C)(O1)O[Si](O)(/C=C/COc1ccc(C(C)(C)c3ccccc3)cc1)OC2C.C=C[Si]1(O)OC(C)C2O[Si](C=C)(O1)O[Si](O)(C=C)OC2C.CC.CC.CC.CC. The van der Waals surface area contributed by atoms with Crippen molar-refractivity contribution in [2.75, 3.05) is 13.2 Å². The van der Waals surface area contributed by atoms with E-state index in [-0.39, 0.29) is 24.9 Å². The van der Waals surface area contributed by atoms with Crippen LogP contribution in [0.15, 0.2) is 195 Å². The van der Waals surface area contributed by atoms with E-state index in [1.54, 1.807) is 39.8 Å². The number of rotatable bonds is 16. The average Bonchev–Trinajstić information content (AvgIpc) is 1.76. The van der Waals surface area contributed by atoms with Gasteiger partial charge in [0.2, 0.25) is 0 Å². The molecule has 0 amide bonds. The quantitative estimate of drug-likeness (QED) is 0.0611. The van der Waals surface area contributed by atoms with Crippen LogP contribution >= 0.6 is 0 Å². The van der Waals surface area contributed by atoms with Crippen LogP contribution in [0.3, 0.4) is 0 Å². The van der Waals surface area contributed by atoms with E-state index in [9.17, 15) is 19.2 Å². The van der Waals surface area contributed by atoms with Crippen molar-refractivity contribution in [3.05, 3.63) is 217 Å². The van der Waals surface area contributed by atoms with Gasteiger partial charge in [-0.1, -0.05) is 221 Å². The molecule has 10 unspecified atom stereocenters. The zero-order chi connectivity index (χ0) is 65.2. The maximum absolute atomic E-state index is 11.4. The van der Waals surface area contributed by atoms with E-state index in [1.807, 2.05) is 104 Å². The monoisotopic (exact) mass is 1310 g/mol. The Kier molecular flexibility index (Phi) is 34.1. The zero-order valence-corrected chi connectivity index (χ0v) is 59.8. The van der Waals surface area contributed by atoms with Crippen LogP contribution in [0.5, 0.6) is 11.5 Å². The number of hydrogen-bond donors (Lipinski definition) is 4. The Balaban J connectivity index is 0.000000657. The summed E-state index contributed by atoms with van der Waals surface area (Å²) in [6.07, 6.45) is -0.0948. The number of hydrogen-bond acceptors (Lipinski definition) is 16. The highest BCUT2D eigenvalue weighted by Gasteiger charge is 2.64. The Bertz CT molecular complexity index is 2680. The lowest BCUT2D eigenvalue weighted by molar-refractivity contribution is -0.0178. The maximum Gasteiger partial charge on any atom is 0.519 e. The fourth-order valence-corrected chi connectivity index (χ4v) is 25.9. The molecule has 16 nitrogen and oxygen atoms in total. The van der Waals surface area contributed by atoms with E-state index in [0.717, 1.165) is 5.75 Å². The van der Waals surface area contributed by atoms with Gasteiger partial charge in [0.1, 0.15) is 24.7 Å². The standard InChI is InChI=1S/C27H36O8Si3.C18H20O.C11H20O7Si3.4C2H6.CH4/c1-7-36(28)31-21(3)26-22(4)32-37(29,35-38(8-2,33-26)34-36)20-12-19-30-25-17-15-24(16-18-25)27(5,6)23-13-10-9-11-14-23;1-4-14-19-17-12-10-16(11-13-17)18(2,3)15-8-6-5-7-9-15;1-6-19(12)14-9(4)11-10(5)15-20(13,7-2)18-21(8-3,16-11)17-19;4*1-2;/h7-18,20-22,26,28-29H,1-2,19H2,3-6H3;4-13H,1,14H2,2-3H3;6-13H,1-3H2,4-5H3;4*1-2H3;1H4/b20-12+;;;;;;;. The third kappa shape index (κ3) is 22.1. The second-order valence-electron chi connectivity index (χ2n) is 20.0. The highest BCUT2D eigenvalue weighted by molar-refractivity contribution is 6.86. The minimum Gasteiger partial charge on any atom is -0.490 e. The van der Waals surface area contributed by atoms with Crippen molar-refractivity contribution >= 4 is 52.8 Å². The summed E-state index contributed by atoms with van der Waals surface area (Å²) in [4.78, 5) is 43.1. The van der Waals surface area contributed by atoms with Crippen molar-refractivity contribution in [2.24, 2.45) is 0 Å². The number of fused-ring (bicyclic) bond motifs is 4. The van der Waals surface area contributed by atoms with E-state index in [2.05, 4.69) is 128 Å². The second-order valence-corrected chi connectivity index (χ2v) is 34.5. The van der Waals surface area contributed by atoms with Crippen molar-refractivity contribution < 1.29 is 71.7 Å². The van der Waals surface area contributed by atoms with Crippen LogP contribution in [0.2, 0.25) is 0 Å². The lowest BCUT2D eigenvalue weighted by Crippen LogP contribution is -2.59. The van der Waals surface area contributed by atoms with Crippen LogP contribution in [0.25, 0.3) is 0 Å². The van der Waals surface area contributed by atoms with Crippen molar-refractivity contribution in [1.29, 1.82) is 0 Å². The first-order chi connectivity index (χ1) is 40.8. The predicted octanol–water partition coefficient (Wildman–Crippen LogP) is 13.5. The van der Waals surface area contributed by atoms with Gasteiger partial charge >= 0.3 is 52.8 Å². The largest absolute Gasteiger partial charge is 0.519 e. The van der Waals surface area contributed by atoms with Gasteiger partial charge in [-0.2, -0.15) is 0 Å². The fraction of sp³-hybridized carbons (Fsp3) is 0.415. The van der Waals surface area contributed by atoms with Gasteiger partial charge in [-0.3, -0.25) is 0 Å². The minimum atomic E-state index is -3.96. The molecule has 0 spiro atoms. The van der Waals surface area contributed by atoms with Gasteiger partial charge in [-0.15, -0.1) is 0 Å². The first-order valence-electron chi connectivity index (χ1n) is 29.6. The third-order valence-corrected chi connectivity index (χ3v) is 30.0. The van der Waals surface area contributed by atoms with Gasteiger partial charge in [0.05, 0.1) is 36.6 Å². The molecule has 4 N–H and O–H groups in total. The summed E-state index contributed by atoms with van der Waals surface area (Å²) in [5.41, 5.74) is 12.7. The molecule has 4 aromatic carbocycles. The Morgan fingerprint density at radius 3 is 0.966 bits per heavy atom. The molecule has 4 bridgehead atoms. The third-order valence-electron chi connectivity index (χ3n) is 13.5. The summed E-state index contributed by atoms with van der Waals surface area (Å²) in [6.45, 7) is 54.3. The molecule has 4 aliphatic heterocycles. The van der Waals surface area contributed by atoms with Gasteiger partial charge in [-0.05, 0) is 114 Å². The molecule has 8 rings (SSSR count). The summed E-state index contributed by atoms with van der Waals surface area (Å²) >= 11 is 0. The second kappa shape index (κ2) is 36.9. The van der Waals surface area contributed by atoms with Crippen LogP contribution in [0, 0.1) is 0 Å². The Morgan fingerprint density at radius 2 is 0.678 bits per heavy atom. The maximum atomic E-state index is 11.4.